The van der Waals surface area contributed by atoms with Gasteiger partial charge in [0.15, 0.2) is 5.17 Å². The summed E-state index contributed by atoms with van der Waals surface area (Å²) in [5.41, 5.74) is 4.35. The topological polar surface area (TPSA) is 50.5 Å². The number of hydrogen-bond acceptors (Lipinski definition) is 4. The fraction of sp³-hybridized carbons (Fsp3) is 0.278. The Labute approximate surface area is 146 Å². The third-order valence-corrected chi connectivity index (χ3v) is 5.23. The molecule has 3 rings (SSSR count). The number of nitrogens with zero attached hydrogens (tertiary/aromatic N) is 4. The zero-order valence-electron chi connectivity index (χ0n) is 14.5. The number of pyridine rings is 1. The highest BCUT2D eigenvalue weighted by Crippen LogP contribution is 2.32. The van der Waals surface area contributed by atoms with Gasteiger partial charge in [-0.15, -0.1) is 0 Å². The SMILES string of the molecule is CN=C1S/C(=C/c2cc(C)n(-c3cc(C)ccn3)c2C)C(=O)N1C. The molecule has 0 radical (unpaired) electrons. The molecule has 0 aromatic carbocycles. The summed E-state index contributed by atoms with van der Waals surface area (Å²) in [6, 6.07) is 6.12. The van der Waals surface area contributed by atoms with E-state index in [0.29, 0.717) is 4.91 Å². The van der Waals surface area contributed by atoms with Crippen molar-refractivity contribution >= 4 is 28.9 Å². The molecule has 6 heteroatoms. The minimum atomic E-state index is -0.0147. The van der Waals surface area contributed by atoms with E-state index in [1.165, 1.54) is 17.3 Å². The molecule has 2 aromatic rings. The molecule has 0 spiro atoms. The number of amides is 1. The van der Waals surface area contributed by atoms with Gasteiger partial charge in [-0.05, 0) is 67.9 Å². The zero-order chi connectivity index (χ0) is 17.4. The summed E-state index contributed by atoms with van der Waals surface area (Å²) < 4.78 is 2.11. The standard InChI is InChI=1S/C18H20N4OS/c1-11-6-7-20-16(8-11)22-12(2)9-14(13(22)3)10-15-17(23)21(5)18(19-4)24-15/h6-10H,1-5H3/b15-10+,19-18?. The van der Waals surface area contributed by atoms with Crippen molar-refractivity contribution in [3.05, 3.63) is 51.8 Å². The molecule has 0 bridgehead atoms. The highest BCUT2D eigenvalue weighted by Gasteiger charge is 2.30. The largest absolute Gasteiger partial charge is 0.303 e. The van der Waals surface area contributed by atoms with Crippen molar-refractivity contribution in [1.29, 1.82) is 0 Å². The van der Waals surface area contributed by atoms with E-state index in [-0.39, 0.29) is 5.91 Å². The molecule has 124 valence electrons. The van der Waals surface area contributed by atoms with Gasteiger partial charge in [-0.25, -0.2) is 4.98 Å². The van der Waals surface area contributed by atoms with Gasteiger partial charge in [0.25, 0.3) is 5.91 Å². The Bertz CT molecular complexity index is 879. The van der Waals surface area contributed by atoms with Gasteiger partial charge in [0.05, 0.1) is 4.91 Å². The van der Waals surface area contributed by atoms with Crippen LogP contribution in [0.1, 0.15) is 22.5 Å². The average Bonchev–Trinajstić information content (AvgIpc) is 2.98. The molecule has 1 saturated heterocycles. The second-order valence-electron chi connectivity index (χ2n) is 5.83. The van der Waals surface area contributed by atoms with Crippen LogP contribution in [0, 0.1) is 20.8 Å². The smallest absolute Gasteiger partial charge is 0.266 e. The highest BCUT2D eigenvalue weighted by atomic mass is 32.2. The van der Waals surface area contributed by atoms with Crippen LogP contribution in [0.15, 0.2) is 34.3 Å². The number of thioether (sulfide) groups is 1. The molecular formula is C18H20N4OS. The second kappa shape index (κ2) is 6.28. The van der Waals surface area contributed by atoms with Crippen molar-refractivity contribution in [3.8, 4) is 5.82 Å². The van der Waals surface area contributed by atoms with Crippen LogP contribution in [0.2, 0.25) is 0 Å². The first-order chi connectivity index (χ1) is 11.4. The lowest BCUT2D eigenvalue weighted by molar-refractivity contribution is -0.121. The van der Waals surface area contributed by atoms with Crippen molar-refractivity contribution in [2.24, 2.45) is 4.99 Å². The molecule has 0 saturated carbocycles. The van der Waals surface area contributed by atoms with Gasteiger partial charge in [0.1, 0.15) is 5.82 Å². The Morgan fingerprint density at radius 2 is 2.00 bits per heavy atom. The molecule has 0 aliphatic carbocycles. The van der Waals surface area contributed by atoms with Gasteiger partial charge in [-0.3, -0.25) is 14.7 Å². The molecule has 0 N–H and O–H groups in total. The van der Waals surface area contributed by atoms with Crippen molar-refractivity contribution < 1.29 is 4.79 Å². The van der Waals surface area contributed by atoms with Gasteiger partial charge in [0, 0.05) is 31.7 Å². The molecule has 3 heterocycles. The normalized spacial score (nSPS) is 18.2. The van der Waals surface area contributed by atoms with Crippen molar-refractivity contribution in [1.82, 2.24) is 14.5 Å². The molecular weight excluding hydrogens is 320 g/mol. The van der Waals surface area contributed by atoms with Crippen molar-refractivity contribution in [3.63, 3.8) is 0 Å². The zero-order valence-corrected chi connectivity index (χ0v) is 15.3. The third-order valence-electron chi connectivity index (χ3n) is 4.08. The lowest BCUT2D eigenvalue weighted by atomic mass is 10.2. The molecule has 2 aromatic heterocycles. The van der Waals surface area contributed by atoms with Crippen LogP contribution in [0.25, 0.3) is 11.9 Å². The fourth-order valence-electron chi connectivity index (χ4n) is 2.82. The number of amidine groups is 1. The van der Waals surface area contributed by atoms with Gasteiger partial charge in [-0.2, -0.15) is 0 Å². The van der Waals surface area contributed by atoms with Crippen LogP contribution in [0.4, 0.5) is 0 Å². The fourth-order valence-corrected chi connectivity index (χ4v) is 3.74. The summed E-state index contributed by atoms with van der Waals surface area (Å²) >= 11 is 1.41. The lowest BCUT2D eigenvalue weighted by Gasteiger charge is -2.09. The van der Waals surface area contributed by atoms with E-state index >= 15 is 0 Å². The van der Waals surface area contributed by atoms with Gasteiger partial charge < -0.3 is 4.57 Å². The maximum Gasteiger partial charge on any atom is 0.266 e. The average molecular weight is 340 g/mol. The highest BCUT2D eigenvalue weighted by molar-refractivity contribution is 8.18. The maximum atomic E-state index is 12.3. The maximum absolute atomic E-state index is 12.3. The molecule has 1 fully saturated rings. The van der Waals surface area contributed by atoms with E-state index < -0.39 is 0 Å². The number of rotatable bonds is 2. The lowest BCUT2D eigenvalue weighted by Crippen LogP contribution is -2.23. The molecule has 5 nitrogen and oxygen atoms in total. The summed E-state index contributed by atoms with van der Waals surface area (Å²) in [5.74, 6) is 0.882. The number of aliphatic imine (C=N–C) groups is 1. The predicted octanol–water partition coefficient (Wildman–Crippen LogP) is 3.33. The molecule has 0 atom stereocenters. The van der Waals surface area contributed by atoms with E-state index in [4.69, 9.17) is 0 Å². The van der Waals surface area contributed by atoms with Gasteiger partial charge >= 0.3 is 0 Å². The monoisotopic (exact) mass is 340 g/mol. The first-order valence-corrected chi connectivity index (χ1v) is 8.50. The first-order valence-electron chi connectivity index (χ1n) is 7.68. The molecule has 1 aliphatic heterocycles. The summed E-state index contributed by atoms with van der Waals surface area (Å²) in [5, 5.41) is 0.723. The van der Waals surface area contributed by atoms with E-state index in [0.717, 1.165) is 27.9 Å². The predicted molar refractivity (Wildman–Crippen MR) is 99.5 cm³/mol. The van der Waals surface area contributed by atoms with E-state index in [1.807, 2.05) is 32.2 Å². The van der Waals surface area contributed by atoms with Crippen LogP contribution >= 0.6 is 11.8 Å². The number of aromatic nitrogens is 2. The minimum absolute atomic E-state index is 0.0147. The van der Waals surface area contributed by atoms with Crippen LogP contribution in [0.3, 0.4) is 0 Å². The first kappa shape index (κ1) is 16.5. The van der Waals surface area contributed by atoms with E-state index in [1.54, 1.807) is 19.0 Å². The Balaban J connectivity index is 2.05. The molecule has 24 heavy (non-hydrogen) atoms. The summed E-state index contributed by atoms with van der Waals surface area (Å²) in [7, 11) is 3.45. The number of likely N-dealkylation sites (N-methyl/N-ethyl adjacent to an activating group) is 1. The number of carbonyl (C=O) groups excluding carboxylic acids is 1. The molecule has 0 unspecified atom stereocenters. The molecule has 1 amide bonds. The molecule has 1 aliphatic rings. The van der Waals surface area contributed by atoms with Crippen molar-refractivity contribution in [2.75, 3.05) is 14.1 Å². The minimum Gasteiger partial charge on any atom is -0.303 e. The Morgan fingerprint density at radius 1 is 1.25 bits per heavy atom. The van der Waals surface area contributed by atoms with Crippen LogP contribution in [-0.4, -0.2) is 39.6 Å². The van der Waals surface area contributed by atoms with E-state index in [9.17, 15) is 4.79 Å². The second-order valence-corrected chi connectivity index (χ2v) is 6.84. The Hall–Kier alpha value is -2.34. The Kier molecular flexibility index (Phi) is 4.32. The van der Waals surface area contributed by atoms with E-state index in [2.05, 4.69) is 33.6 Å². The quantitative estimate of drug-likeness (QED) is 0.788. The van der Waals surface area contributed by atoms with Crippen molar-refractivity contribution in [2.45, 2.75) is 20.8 Å². The summed E-state index contributed by atoms with van der Waals surface area (Å²) in [6.07, 6.45) is 3.76. The van der Waals surface area contributed by atoms with Crippen LogP contribution in [-0.2, 0) is 4.79 Å². The van der Waals surface area contributed by atoms with Gasteiger partial charge in [-0.1, -0.05) is 0 Å². The number of aryl methyl sites for hydroxylation is 2. The number of carbonyl (C=O) groups is 1. The van der Waals surface area contributed by atoms with Crippen LogP contribution < -0.4 is 0 Å². The Morgan fingerprint density at radius 3 is 2.62 bits per heavy atom. The van der Waals surface area contributed by atoms with Gasteiger partial charge in [0.2, 0.25) is 0 Å². The number of hydrogen-bond donors (Lipinski definition) is 0. The third kappa shape index (κ3) is 2.78. The summed E-state index contributed by atoms with van der Waals surface area (Å²) in [6.45, 7) is 6.15. The summed E-state index contributed by atoms with van der Waals surface area (Å²) in [4.78, 5) is 23.2. The van der Waals surface area contributed by atoms with Crippen LogP contribution in [0.5, 0.6) is 0 Å².